The van der Waals surface area contributed by atoms with Crippen molar-refractivity contribution < 1.29 is 10.2 Å². The Hall–Kier alpha value is -1.70. The zero-order chi connectivity index (χ0) is 16.5. The first-order chi connectivity index (χ1) is 10.5. The molecule has 2 N–H and O–H groups in total. The maximum Gasteiger partial charge on any atom is 0.123 e. The average Bonchev–Trinajstić information content (AvgIpc) is 2.45. The molecule has 0 heterocycles. The Bertz CT molecular complexity index is 491. The van der Waals surface area contributed by atoms with Crippen LogP contribution in [-0.4, -0.2) is 10.2 Å². The van der Waals surface area contributed by atoms with Crippen LogP contribution in [0.3, 0.4) is 0 Å². The van der Waals surface area contributed by atoms with Crippen LogP contribution in [0.5, 0.6) is 11.5 Å². The summed E-state index contributed by atoms with van der Waals surface area (Å²) >= 11 is 0. The number of hydrogen-bond donors (Lipinski definition) is 2. The summed E-state index contributed by atoms with van der Waals surface area (Å²) in [5, 5.41) is 20.4. The molecule has 0 fully saturated rings. The normalized spacial score (nSPS) is 17.2. The summed E-state index contributed by atoms with van der Waals surface area (Å²) in [6, 6.07) is 3.64. The van der Waals surface area contributed by atoms with Crippen LogP contribution in [0, 0.1) is 0 Å². The quantitative estimate of drug-likeness (QED) is 0.685. The Morgan fingerprint density at radius 2 is 1.86 bits per heavy atom. The standard InChI is InChI=1S/C17H24O2.C3H6/c1-3-4-7-13-10-15(18)17(16(19)11-13)14-8-5-6-12(2)9-14;1-3-2/h9-11,14,18-19H,3-8H2,1-2H3;3H,1H2,2H3/t14-;/m0./s1. The maximum atomic E-state index is 10.2. The van der Waals surface area contributed by atoms with Crippen molar-refractivity contribution in [1.29, 1.82) is 0 Å². The van der Waals surface area contributed by atoms with Crippen LogP contribution in [0.1, 0.15) is 69.9 Å². The van der Waals surface area contributed by atoms with E-state index in [-0.39, 0.29) is 17.4 Å². The van der Waals surface area contributed by atoms with Crippen molar-refractivity contribution in [3.63, 3.8) is 0 Å². The van der Waals surface area contributed by atoms with E-state index < -0.39 is 0 Å². The van der Waals surface area contributed by atoms with Crippen LogP contribution in [0.15, 0.2) is 36.4 Å². The molecule has 0 aliphatic heterocycles. The van der Waals surface area contributed by atoms with Gasteiger partial charge in [0.05, 0.1) is 0 Å². The molecular weight excluding hydrogens is 272 g/mol. The maximum absolute atomic E-state index is 10.2. The van der Waals surface area contributed by atoms with Crippen LogP contribution >= 0.6 is 0 Å². The Labute approximate surface area is 135 Å². The predicted octanol–water partition coefficient (Wildman–Crippen LogP) is 5.85. The summed E-state index contributed by atoms with van der Waals surface area (Å²) in [7, 11) is 0. The minimum Gasteiger partial charge on any atom is -0.507 e. The summed E-state index contributed by atoms with van der Waals surface area (Å²) in [5.41, 5.74) is 3.08. The lowest BCUT2D eigenvalue weighted by molar-refractivity contribution is 0.427. The highest BCUT2D eigenvalue weighted by atomic mass is 16.3. The molecule has 22 heavy (non-hydrogen) atoms. The fourth-order valence-electron chi connectivity index (χ4n) is 2.92. The second-order valence-corrected chi connectivity index (χ2v) is 6.07. The summed E-state index contributed by atoms with van der Waals surface area (Å²) < 4.78 is 0. The van der Waals surface area contributed by atoms with E-state index in [9.17, 15) is 10.2 Å². The summed E-state index contributed by atoms with van der Waals surface area (Å²) in [5.74, 6) is 0.665. The van der Waals surface area contributed by atoms with Gasteiger partial charge in [0.2, 0.25) is 0 Å². The highest BCUT2D eigenvalue weighted by Gasteiger charge is 2.21. The Balaban J connectivity index is 0.000000745. The molecule has 0 saturated heterocycles. The predicted molar refractivity (Wildman–Crippen MR) is 94.6 cm³/mol. The van der Waals surface area contributed by atoms with Crippen molar-refractivity contribution in [3.8, 4) is 11.5 Å². The fraction of sp³-hybridized carbons (Fsp3) is 0.500. The van der Waals surface area contributed by atoms with Crippen LogP contribution in [-0.2, 0) is 6.42 Å². The van der Waals surface area contributed by atoms with E-state index in [0.29, 0.717) is 5.56 Å². The third kappa shape index (κ3) is 5.25. The number of aryl methyl sites for hydroxylation is 1. The number of hydrogen-bond acceptors (Lipinski definition) is 2. The number of phenolic OH excluding ortho intramolecular Hbond substituents is 2. The van der Waals surface area contributed by atoms with E-state index in [0.717, 1.165) is 44.1 Å². The number of aromatic hydroxyl groups is 2. The lowest BCUT2D eigenvalue weighted by Crippen LogP contribution is -2.03. The lowest BCUT2D eigenvalue weighted by Gasteiger charge is -2.22. The van der Waals surface area contributed by atoms with Crippen molar-refractivity contribution in [2.45, 2.75) is 65.2 Å². The molecule has 0 unspecified atom stereocenters. The molecule has 1 aliphatic carbocycles. The third-order valence-electron chi connectivity index (χ3n) is 3.96. The summed E-state index contributed by atoms with van der Waals surface area (Å²) in [4.78, 5) is 0. The zero-order valence-electron chi connectivity index (χ0n) is 14.2. The summed E-state index contributed by atoms with van der Waals surface area (Å²) in [6.07, 6.45) is 10.3. The van der Waals surface area contributed by atoms with E-state index in [4.69, 9.17) is 0 Å². The van der Waals surface area contributed by atoms with Gasteiger partial charge in [-0.15, -0.1) is 6.58 Å². The van der Waals surface area contributed by atoms with Crippen LogP contribution in [0.2, 0.25) is 0 Å². The molecular formula is C20H30O2. The molecule has 0 aromatic heterocycles. The Morgan fingerprint density at radius 3 is 2.36 bits per heavy atom. The van der Waals surface area contributed by atoms with Gasteiger partial charge in [0.25, 0.3) is 0 Å². The van der Waals surface area contributed by atoms with Crippen LogP contribution < -0.4 is 0 Å². The van der Waals surface area contributed by atoms with E-state index in [1.165, 1.54) is 5.57 Å². The van der Waals surface area contributed by atoms with Gasteiger partial charge in [0.1, 0.15) is 11.5 Å². The van der Waals surface area contributed by atoms with Gasteiger partial charge in [-0.3, -0.25) is 0 Å². The SMILES string of the molecule is C=CC.CCCCc1cc(O)c([C@@H]2C=C(C)CCC2)c(O)c1. The molecule has 1 aliphatic rings. The lowest BCUT2D eigenvalue weighted by atomic mass is 9.84. The van der Waals surface area contributed by atoms with Gasteiger partial charge in [-0.2, -0.15) is 0 Å². The van der Waals surface area contributed by atoms with Gasteiger partial charge >= 0.3 is 0 Å². The van der Waals surface area contributed by atoms with Crippen LogP contribution in [0.4, 0.5) is 0 Å². The highest BCUT2D eigenvalue weighted by molar-refractivity contribution is 5.50. The van der Waals surface area contributed by atoms with Crippen molar-refractivity contribution in [3.05, 3.63) is 47.6 Å². The van der Waals surface area contributed by atoms with Gasteiger partial charge in [-0.05, 0) is 63.6 Å². The molecule has 2 heteroatoms. The molecule has 1 aromatic rings. The first-order valence-electron chi connectivity index (χ1n) is 8.32. The second-order valence-electron chi connectivity index (χ2n) is 6.07. The molecule has 2 rings (SSSR count). The topological polar surface area (TPSA) is 40.5 Å². The number of allylic oxidation sites excluding steroid dienone is 3. The molecule has 0 amide bonds. The fourth-order valence-corrected chi connectivity index (χ4v) is 2.92. The molecule has 122 valence electrons. The van der Waals surface area contributed by atoms with E-state index in [1.54, 1.807) is 6.08 Å². The first kappa shape index (κ1) is 18.3. The number of phenols is 2. The monoisotopic (exact) mass is 302 g/mol. The zero-order valence-corrected chi connectivity index (χ0v) is 14.2. The van der Waals surface area contributed by atoms with Crippen molar-refractivity contribution >= 4 is 0 Å². The number of unbranched alkanes of at least 4 members (excludes halogenated alkanes) is 1. The van der Waals surface area contributed by atoms with Crippen molar-refractivity contribution in [1.82, 2.24) is 0 Å². The first-order valence-corrected chi connectivity index (χ1v) is 8.32. The Kier molecular flexibility index (Phi) is 7.79. The minimum absolute atomic E-state index is 0.161. The minimum atomic E-state index is 0.161. The van der Waals surface area contributed by atoms with E-state index in [1.807, 2.05) is 19.1 Å². The average molecular weight is 302 g/mol. The summed E-state index contributed by atoms with van der Waals surface area (Å²) in [6.45, 7) is 9.51. The second kappa shape index (κ2) is 9.34. The van der Waals surface area contributed by atoms with Crippen LogP contribution in [0.25, 0.3) is 0 Å². The highest BCUT2D eigenvalue weighted by Crippen LogP contribution is 2.41. The van der Waals surface area contributed by atoms with Gasteiger partial charge in [0.15, 0.2) is 0 Å². The van der Waals surface area contributed by atoms with E-state index >= 15 is 0 Å². The molecule has 0 radical (unpaired) electrons. The van der Waals surface area contributed by atoms with Gasteiger partial charge < -0.3 is 10.2 Å². The number of rotatable bonds is 4. The van der Waals surface area contributed by atoms with Gasteiger partial charge in [-0.1, -0.05) is 31.1 Å². The third-order valence-corrected chi connectivity index (χ3v) is 3.96. The van der Waals surface area contributed by atoms with Crippen molar-refractivity contribution in [2.24, 2.45) is 0 Å². The molecule has 0 bridgehead atoms. The molecule has 0 saturated carbocycles. The number of benzene rings is 1. The van der Waals surface area contributed by atoms with Gasteiger partial charge in [-0.25, -0.2) is 0 Å². The van der Waals surface area contributed by atoms with Gasteiger partial charge in [0, 0.05) is 11.5 Å². The molecule has 0 spiro atoms. The Morgan fingerprint density at radius 1 is 1.27 bits per heavy atom. The molecule has 2 nitrogen and oxygen atoms in total. The largest absolute Gasteiger partial charge is 0.507 e. The molecule has 1 aromatic carbocycles. The van der Waals surface area contributed by atoms with Crippen molar-refractivity contribution in [2.75, 3.05) is 0 Å². The van der Waals surface area contributed by atoms with E-state index in [2.05, 4.69) is 26.5 Å². The smallest absolute Gasteiger partial charge is 0.123 e. The molecule has 1 atom stereocenters.